The molecular formula is C13H20N2O5S. The largest absolute Gasteiger partial charge is 0.478 e. The number of pyridine rings is 1. The Balaban J connectivity index is 3.18. The van der Waals surface area contributed by atoms with Crippen LogP contribution >= 0.6 is 0 Å². The summed E-state index contributed by atoms with van der Waals surface area (Å²) < 4.78 is 26.4. The number of hydrogen-bond donors (Lipinski definition) is 2. The van der Waals surface area contributed by atoms with E-state index in [0.717, 1.165) is 6.20 Å². The molecule has 0 aliphatic carbocycles. The number of hydrogen-bond acceptors (Lipinski definition) is 5. The lowest BCUT2D eigenvalue weighted by atomic mass is 10.2. The van der Waals surface area contributed by atoms with Gasteiger partial charge in [0, 0.05) is 18.8 Å². The van der Waals surface area contributed by atoms with E-state index in [1.54, 1.807) is 0 Å². The van der Waals surface area contributed by atoms with Crippen LogP contribution in [0, 0.1) is 0 Å². The van der Waals surface area contributed by atoms with Crippen LogP contribution in [0.1, 0.15) is 37.0 Å². The van der Waals surface area contributed by atoms with Gasteiger partial charge in [0.05, 0.1) is 12.2 Å². The Morgan fingerprint density at radius 3 is 2.33 bits per heavy atom. The summed E-state index contributed by atoms with van der Waals surface area (Å²) in [6.07, 6.45) is 2.24. The van der Waals surface area contributed by atoms with Crippen LogP contribution in [-0.2, 0) is 10.0 Å². The summed E-state index contributed by atoms with van der Waals surface area (Å²) in [6.45, 7) is 3.43. The lowest BCUT2D eigenvalue weighted by Crippen LogP contribution is -2.41. The van der Waals surface area contributed by atoms with Crippen molar-refractivity contribution in [2.45, 2.75) is 37.8 Å². The zero-order valence-corrected chi connectivity index (χ0v) is 12.9. The van der Waals surface area contributed by atoms with Crippen LogP contribution in [0.2, 0.25) is 0 Å². The third-order valence-electron chi connectivity index (χ3n) is 3.23. The Labute approximate surface area is 124 Å². The first-order valence-corrected chi connectivity index (χ1v) is 8.14. The first-order chi connectivity index (χ1) is 9.88. The number of aliphatic hydroxyl groups excluding tert-OH is 1. The summed E-state index contributed by atoms with van der Waals surface area (Å²) in [5.41, 5.74) is -0.0785. The highest BCUT2D eigenvalue weighted by Crippen LogP contribution is 2.19. The highest BCUT2D eigenvalue weighted by atomic mass is 32.2. The van der Waals surface area contributed by atoms with Crippen LogP contribution in [0.25, 0.3) is 0 Å². The number of carbonyl (C=O) groups is 1. The van der Waals surface area contributed by atoms with Crippen molar-refractivity contribution in [2.75, 3.05) is 13.2 Å². The van der Waals surface area contributed by atoms with Crippen LogP contribution in [-0.4, -0.2) is 53.1 Å². The second-order valence-electron chi connectivity index (χ2n) is 4.50. The molecule has 1 aromatic heterocycles. The van der Waals surface area contributed by atoms with E-state index in [1.165, 1.54) is 16.4 Å². The van der Waals surface area contributed by atoms with Crippen LogP contribution in [0.5, 0.6) is 0 Å². The standard InChI is InChI=1S/C13H20N2O5S/c1-3-11(4-2)15(7-8-16)21(19,20)12-6-5-10(9-14-12)13(17)18/h5-6,9,11,16H,3-4,7-8H2,1-2H3,(H,17,18). The third kappa shape index (κ3) is 3.99. The Hall–Kier alpha value is -1.51. The predicted octanol–water partition coefficient (Wildman–Crippen LogP) is 0.951. The Morgan fingerprint density at radius 2 is 1.95 bits per heavy atom. The monoisotopic (exact) mass is 316 g/mol. The van der Waals surface area contributed by atoms with Crippen molar-refractivity contribution in [1.82, 2.24) is 9.29 Å². The van der Waals surface area contributed by atoms with E-state index >= 15 is 0 Å². The van der Waals surface area contributed by atoms with Crippen LogP contribution in [0.3, 0.4) is 0 Å². The van der Waals surface area contributed by atoms with Crippen molar-refractivity contribution in [1.29, 1.82) is 0 Å². The summed E-state index contributed by atoms with van der Waals surface area (Å²) in [5, 5.41) is 17.7. The molecule has 0 aromatic carbocycles. The Kier molecular flexibility index (Phi) is 6.25. The number of carboxylic acids is 1. The maximum Gasteiger partial charge on any atom is 0.337 e. The van der Waals surface area contributed by atoms with Gasteiger partial charge >= 0.3 is 5.97 Å². The van der Waals surface area contributed by atoms with E-state index in [4.69, 9.17) is 10.2 Å². The molecule has 7 nitrogen and oxygen atoms in total. The van der Waals surface area contributed by atoms with Crippen molar-refractivity contribution in [3.05, 3.63) is 23.9 Å². The number of carboxylic acid groups (broad SMARTS) is 1. The van der Waals surface area contributed by atoms with Gasteiger partial charge in [-0.3, -0.25) is 0 Å². The summed E-state index contributed by atoms with van der Waals surface area (Å²) in [6, 6.07) is 2.14. The SMILES string of the molecule is CCC(CC)N(CCO)S(=O)(=O)c1ccc(C(=O)O)cn1. The minimum Gasteiger partial charge on any atom is -0.478 e. The first kappa shape index (κ1) is 17.5. The zero-order chi connectivity index (χ0) is 16.0. The summed E-state index contributed by atoms with van der Waals surface area (Å²) in [4.78, 5) is 14.5. The number of aromatic nitrogens is 1. The average molecular weight is 316 g/mol. The van der Waals surface area contributed by atoms with Gasteiger partial charge in [0.2, 0.25) is 0 Å². The fraction of sp³-hybridized carbons (Fsp3) is 0.538. The molecule has 8 heteroatoms. The molecule has 118 valence electrons. The highest BCUT2D eigenvalue weighted by molar-refractivity contribution is 7.89. The van der Waals surface area contributed by atoms with Gasteiger partial charge in [-0.25, -0.2) is 18.2 Å². The quantitative estimate of drug-likeness (QED) is 0.739. The molecule has 0 saturated carbocycles. The highest BCUT2D eigenvalue weighted by Gasteiger charge is 2.30. The molecule has 2 N–H and O–H groups in total. The van der Waals surface area contributed by atoms with Gasteiger partial charge in [-0.15, -0.1) is 0 Å². The minimum absolute atomic E-state index is 0.0168. The van der Waals surface area contributed by atoms with Crippen molar-refractivity contribution in [2.24, 2.45) is 0 Å². The number of rotatable bonds is 8. The predicted molar refractivity (Wildman–Crippen MR) is 76.5 cm³/mol. The van der Waals surface area contributed by atoms with Gasteiger partial charge in [-0.2, -0.15) is 4.31 Å². The molecule has 0 amide bonds. The molecule has 0 aliphatic heterocycles. The van der Waals surface area contributed by atoms with E-state index in [1.807, 2.05) is 13.8 Å². The van der Waals surface area contributed by atoms with Crippen molar-refractivity contribution in [3.63, 3.8) is 0 Å². The smallest absolute Gasteiger partial charge is 0.337 e. The Morgan fingerprint density at radius 1 is 1.33 bits per heavy atom. The van der Waals surface area contributed by atoms with E-state index in [9.17, 15) is 13.2 Å². The van der Waals surface area contributed by atoms with Crippen LogP contribution < -0.4 is 0 Å². The molecule has 0 radical (unpaired) electrons. The molecule has 1 rings (SSSR count). The first-order valence-electron chi connectivity index (χ1n) is 6.70. The molecule has 0 spiro atoms. The van der Waals surface area contributed by atoms with Gasteiger partial charge < -0.3 is 10.2 Å². The number of aromatic carboxylic acids is 1. The van der Waals surface area contributed by atoms with Gasteiger partial charge in [0.25, 0.3) is 10.0 Å². The summed E-state index contributed by atoms with van der Waals surface area (Å²) in [7, 11) is -3.86. The normalized spacial score (nSPS) is 12.0. The van der Waals surface area contributed by atoms with Gasteiger partial charge in [0.1, 0.15) is 0 Å². The van der Waals surface area contributed by atoms with Crippen molar-refractivity contribution < 1.29 is 23.4 Å². The van der Waals surface area contributed by atoms with E-state index in [0.29, 0.717) is 12.8 Å². The lowest BCUT2D eigenvalue weighted by molar-refractivity contribution is 0.0696. The molecule has 0 saturated heterocycles. The van der Waals surface area contributed by atoms with E-state index < -0.39 is 16.0 Å². The minimum atomic E-state index is -3.86. The van der Waals surface area contributed by atoms with E-state index in [-0.39, 0.29) is 29.8 Å². The molecule has 1 aromatic rings. The van der Waals surface area contributed by atoms with Crippen molar-refractivity contribution >= 4 is 16.0 Å². The van der Waals surface area contributed by atoms with Crippen LogP contribution in [0.15, 0.2) is 23.4 Å². The molecular weight excluding hydrogens is 296 g/mol. The fourth-order valence-electron chi connectivity index (χ4n) is 2.07. The molecule has 1 heterocycles. The summed E-state index contributed by atoms with van der Waals surface area (Å²) >= 11 is 0. The third-order valence-corrected chi connectivity index (χ3v) is 5.09. The van der Waals surface area contributed by atoms with Crippen molar-refractivity contribution in [3.8, 4) is 0 Å². The number of sulfonamides is 1. The lowest BCUT2D eigenvalue weighted by Gasteiger charge is -2.28. The number of nitrogens with zero attached hydrogens (tertiary/aromatic N) is 2. The summed E-state index contributed by atoms with van der Waals surface area (Å²) in [5.74, 6) is -1.17. The molecule has 0 atom stereocenters. The molecule has 0 bridgehead atoms. The maximum atomic E-state index is 12.6. The zero-order valence-electron chi connectivity index (χ0n) is 12.1. The van der Waals surface area contributed by atoms with E-state index in [2.05, 4.69) is 4.98 Å². The molecule has 0 fully saturated rings. The molecule has 0 unspecified atom stereocenters. The maximum absolute atomic E-state index is 12.6. The van der Waals surface area contributed by atoms with Gasteiger partial charge in [-0.05, 0) is 25.0 Å². The Bertz CT molecular complexity index is 567. The number of aliphatic hydroxyl groups is 1. The van der Waals surface area contributed by atoms with Gasteiger partial charge in [0.15, 0.2) is 5.03 Å². The average Bonchev–Trinajstić information content (AvgIpc) is 2.47. The fourth-order valence-corrected chi connectivity index (χ4v) is 3.75. The second kappa shape index (κ2) is 7.48. The topological polar surface area (TPSA) is 108 Å². The van der Waals surface area contributed by atoms with Crippen LogP contribution in [0.4, 0.5) is 0 Å². The second-order valence-corrected chi connectivity index (χ2v) is 6.34. The van der Waals surface area contributed by atoms with Gasteiger partial charge in [-0.1, -0.05) is 13.8 Å². The molecule has 21 heavy (non-hydrogen) atoms. The molecule has 0 aliphatic rings.